The van der Waals surface area contributed by atoms with Gasteiger partial charge in [-0.1, -0.05) is 75.7 Å². The molecular formula is C18H26O2. The lowest BCUT2D eigenvalue weighted by atomic mass is 10.2. The molecule has 0 unspecified atom stereocenters. The van der Waals surface area contributed by atoms with E-state index in [0.717, 1.165) is 11.5 Å². The molecule has 2 aromatic rings. The van der Waals surface area contributed by atoms with E-state index in [1.807, 2.05) is 70.2 Å². The van der Waals surface area contributed by atoms with Gasteiger partial charge in [-0.3, -0.25) is 0 Å². The Bertz CT molecular complexity index is 415. The van der Waals surface area contributed by atoms with Gasteiger partial charge in [0.15, 0.2) is 11.5 Å². The fourth-order valence-corrected chi connectivity index (χ4v) is 1.38. The Balaban J connectivity index is 0.000000296. The minimum Gasteiger partial charge on any atom is -0.454 e. The monoisotopic (exact) mass is 274 g/mol. The largest absolute Gasteiger partial charge is 0.454 e. The van der Waals surface area contributed by atoms with Crippen molar-refractivity contribution in [1.82, 2.24) is 0 Å². The van der Waals surface area contributed by atoms with Gasteiger partial charge in [0.25, 0.3) is 0 Å². The molecule has 3 rings (SSSR count). The molecule has 2 nitrogen and oxygen atoms in total. The van der Waals surface area contributed by atoms with E-state index in [9.17, 15) is 0 Å². The summed E-state index contributed by atoms with van der Waals surface area (Å²) in [5, 5.41) is 0. The normalized spacial score (nSPS) is 9.85. The fourth-order valence-electron chi connectivity index (χ4n) is 1.38. The second-order valence-corrected chi connectivity index (χ2v) is 3.51. The summed E-state index contributed by atoms with van der Waals surface area (Å²) in [6, 6.07) is 17.9. The van der Waals surface area contributed by atoms with Gasteiger partial charge in [-0.25, -0.2) is 0 Å². The molecule has 1 aliphatic heterocycles. The number of aryl methyl sites for hydroxylation is 1. The molecule has 0 aliphatic carbocycles. The Labute approximate surface area is 123 Å². The lowest BCUT2D eigenvalue weighted by Gasteiger charge is -1.89. The van der Waals surface area contributed by atoms with Crippen LogP contribution >= 0.6 is 0 Å². The Kier molecular flexibility index (Phi) is 10.9. The molecule has 0 aromatic heterocycles. The van der Waals surface area contributed by atoms with Crippen LogP contribution in [-0.4, -0.2) is 6.79 Å². The van der Waals surface area contributed by atoms with E-state index < -0.39 is 0 Å². The number of hydrogen-bond donors (Lipinski definition) is 0. The number of rotatable bonds is 0. The highest BCUT2D eigenvalue weighted by Crippen LogP contribution is 2.30. The van der Waals surface area contributed by atoms with Crippen LogP contribution in [0.25, 0.3) is 0 Å². The van der Waals surface area contributed by atoms with Crippen molar-refractivity contribution in [2.75, 3.05) is 6.79 Å². The lowest BCUT2D eigenvalue weighted by Crippen LogP contribution is -1.92. The summed E-state index contributed by atoms with van der Waals surface area (Å²) in [7, 11) is 0. The molecule has 2 aromatic carbocycles. The zero-order valence-electron chi connectivity index (χ0n) is 13.2. The number of fused-ring (bicyclic) bond motifs is 1. The highest BCUT2D eigenvalue weighted by atomic mass is 16.7. The molecule has 0 saturated carbocycles. The van der Waals surface area contributed by atoms with Crippen molar-refractivity contribution in [3.05, 3.63) is 60.2 Å². The minimum atomic E-state index is 0.360. The zero-order valence-corrected chi connectivity index (χ0v) is 13.2. The van der Waals surface area contributed by atoms with E-state index in [0.29, 0.717) is 6.79 Å². The first-order valence-electron chi connectivity index (χ1n) is 7.22. The van der Waals surface area contributed by atoms with Gasteiger partial charge in [-0.15, -0.1) is 0 Å². The third-order valence-corrected chi connectivity index (χ3v) is 2.22. The summed E-state index contributed by atoms with van der Waals surface area (Å²) in [6.45, 7) is 10.4. The molecule has 0 fully saturated rings. The van der Waals surface area contributed by atoms with Gasteiger partial charge in [0.2, 0.25) is 6.79 Å². The molecule has 0 radical (unpaired) electrons. The summed E-state index contributed by atoms with van der Waals surface area (Å²) in [6.07, 6.45) is 0. The van der Waals surface area contributed by atoms with E-state index in [-0.39, 0.29) is 0 Å². The van der Waals surface area contributed by atoms with Crippen LogP contribution in [-0.2, 0) is 0 Å². The number of hydrogen-bond acceptors (Lipinski definition) is 2. The molecule has 1 aliphatic rings. The quantitative estimate of drug-likeness (QED) is 0.635. The summed E-state index contributed by atoms with van der Waals surface area (Å²) < 4.78 is 10.2. The van der Waals surface area contributed by atoms with E-state index in [1.165, 1.54) is 5.56 Å². The van der Waals surface area contributed by atoms with Crippen molar-refractivity contribution >= 4 is 0 Å². The fraction of sp³-hybridized carbons (Fsp3) is 0.333. The number of para-hydroxylation sites is 2. The SMILES string of the molecule is CC.CC.Cc1ccccc1.c1ccc2c(c1)OCO2. The van der Waals surface area contributed by atoms with E-state index >= 15 is 0 Å². The Hall–Kier alpha value is -1.96. The molecule has 0 saturated heterocycles. The summed E-state index contributed by atoms with van der Waals surface area (Å²) in [5.41, 5.74) is 1.32. The van der Waals surface area contributed by atoms with Crippen LogP contribution in [0.4, 0.5) is 0 Å². The molecule has 0 amide bonds. The maximum atomic E-state index is 5.08. The van der Waals surface area contributed by atoms with Gasteiger partial charge in [0.1, 0.15) is 0 Å². The van der Waals surface area contributed by atoms with Crippen molar-refractivity contribution in [2.24, 2.45) is 0 Å². The van der Waals surface area contributed by atoms with Crippen LogP contribution < -0.4 is 9.47 Å². The standard InChI is InChI=1S/C7H6O2.C7H8.2C2H6/c1-2-4-7-6(3-1)8-5-9-7;1-7-5-3-2-4-6-7;2*1-2/h1-4H,5H2;2-6H,1H3;2*1-2H3. The molecular weight excluding hydrogens is 248 g/mol. The van der Waals surface area contributed by atoms with Gasteiger partial charge in [0, 0.05) is 0 Å². The first kappa shape index (κ1) is 18.0. The topological polar surface area (TPSA) is 18.5 Å². The first-order valence-corrected chi connectivity index (χ1v) is 7.22. The van der Waals surface area contributed by atoms with E-state index in [2.05, 4.69) is 19.1 Å². The lowest BCUT2D eigenvalue weighted by molar-refractivity contribution is 0.174. The predicted molar refractivity (Wildman–Crippen MR) is 86.4 cm³/mol. The van der Waals surface area contributed by atoms with Crippen molar-refractivity contribution in [3.63, 3.8) is 0 Å². The molecule has 1 heterocycles. The maximum Gasteiger partial charge on any atom is 0.231 e. The molecule has 0 bridgehead atoms. The maximum absolute atomic E-state index is 5.08. The number of ether oxygens (including phenoxy) is 2. The molecule has 0 spiro atoms. The van der Waals surface area contributed by atoms with Crippen LogP contribution in [0.5, 0.6) is 11.5 Å². The second-order valence-electron chi connectivity index (χ2n) is 3.51. The van der Waals surface area contributed by atoms with Crippen molar-refractivity contribution in [1.29, 1.82) is 0 Å². The van der Waals surface area contributed by atoms with Crippen molar-refractivity contribution in [3.8, 4) is 11.5 Å². The van der Waals surface area contributed by atoms with Gasteiger partial charge >= 0.3 is 0 Å². The first-order chi connectivity index (χ1) is 9.86. The molecule has 2 heteroatoms. The Morgan fingerprint density at radius 3 is 1.40 bits per heavy atom. The van der Waals surface area contributed by atoms with Crippen LogP contribution in [0.15, 0.2) is 54.6 Å². The van der Waals surface area contributed by atoms with Crippen LogP contribution in [0.2, 0.25) is 0 Å². The van der Waals surface area contributed by atoms with E-state index in [1.54, 1.807) is 0 Å². The molecule has 0 N–H and O–H groups in total. The van der Waals surface area contributed by atoms with Crippen LogP contribution in [0, 0.1) is 6.92 Å². The molecule has 0 atom stereocenters. The summed E-state index contributed by atoms with van der Waals surface area (Å²) in [5.74, 6) is 1.69. The minimum absolute atomic E-state index is 0.360. The van der Waals surface area contributed by atoms with Crippen molar-refractivity contribution in [2.45, 2.75) is 34.6 Å². The van der Waals surface area contributed by atoms with E-state index in [4.69, 9.17) is 9.47 Å². The molecule has 110 valence electrons. The average molecular weight is 274 g/mol. The highest BCUT2D eigenvalue weighted by Gasteiger charge is 2.09. The van der Waals surface area contributed by atoms with Gasteiger partial charge in [-0.05, 0) is 19.1 Å². The van der Waals surface area contributed by atoms with Gasteiger partial charge in [0.05, 0.1) is 0 Å². The highest BCUT2D eigenvalue weighted by molar-refractivity contribution is 5.40. The smallest absolute Gasteiger partial charge is 0.231 e. The summed E-state index contributed by atoms with van der Waals surface area (Å²) >= 11 is 0. The van der Waals surface area contributed by atoms with Crippen molar-refractivity contribution < 1.29 is 9.47 Å². The van der Waals surface area contributed by atoms with Gasteiger partial charge < -0.3 is 9.47 Å². The zero-order chi connectivity index (χ0) is 15.2. The molecule has 20 heavy (non-hydrogen) atoms. The van der Waals surface area contributed by atoms with Gasteiger partial charge in [-0.2, -0.15) is 0 Å². The third-order valence-electron chi connectivity index (χ3n) is 2.22. The van der Waals surface area contributed by atoms with Crippen LogP contribution in [0.1, 0.15) is 33.3 Å². The number of benzene rings is 2. The van der Waals surface area contributed by atoms with Crippen LogP contribution in [0.3, 0.4) is 0 Å². The Morgan fingerprint density at radius 2 is 1.05 bits per heavy atom. The average Bonchev–Trinajstić information content (AvgIpc) is 3.01. The second kappa shape index (κ2) is 12.1. The third kappa shape index (κ3) is 6.83. The summed E-state index contributed by atoms with van der Waals surface area (Å²) in [4.78, 5) is 0. The predicted octanol–water partition coefficient (Wildman–Crippen LogP) is 5.46. The Morgan fingerprint density at radius 1 is 0.650 bits per heavy atom.